The predicted octanol–water partition coefficient (Wildman–Crippen LogP) is 2.98. The second-order valence-corrected chi connectivity index (χ2v) is 4.34. The van der Waals surface area contributed by atoms with Crippen LogP contribution in [0, 0.1) is 18.3 Å². The van der Waals surface area contributed by atoms with Crippen LogP contribution in [0.3, 0.4) is 0 Å². The largest absolute Gasteiger partial charge is 0.332 e. The topological polar surface area (TPSA) is 75.6 Å². The zero-order chi connectivity index (χ0) is 13.9. The van der Waals surface area contributed by atoms with Gasteiger partial charge in [-0.3, -0.25) is 4.98 Å². The van der Waals surface area contributed by atoms with Crippen LogP contribution in [0.25, 0.3) is 23.0 Å². The van der Waals surface area contributed by atoms with E-state index in [4.69, 9.17) is 9.78 Å². The van der Waals surface area contributed by atoms with Crippen molar-refractivity contribution >= 4 is 0 Å². The maximum absolute atomic E-state index is 8.89. The average Bonchev–Trinajstić information content (AvgIpc) is 2.98. The summed E-state index contributed by atoms with van der Waals surface area (Å²) >= 11 is 0. The Labute approximate surface area is 115 Å². The van der Waals surface area contributed by atoms with Gasteiger partial charge < -0.3 is 4.52 Å². The smallest absolute Gasteiger partial charge is 0.276 e. The van der Waals surface area contributed by atoms with Gasteiger partial charge in [0.2, 0.25) is 5.82 Å². The molecule has 0 aliphatic rings. The molecule has 5 heteroatoms. The van der Waals surface area contributed by atoms with Gasteiger partial charge in [0.1, 0.15) is 5.69 Å². The first-order chi connectivity index (χ1) is 9.76. The molecule has 0 atom stereocenters. The Balaban J connectivity index is 1.97. The highest BCUT2D eigenvalue weighted by Crippen LogP contribution is 2.21. The van der Waals surface area contributed by atoms with Gasteiger partial charge in [-0.25, -0.2) is 0 Å². The van der Waals surface area contributed by atoms with E-state index < -0.39 is 0 Å². The van der Waals surface area contributed by atoms with E-state index in [0.29, 0.717) is 23.0 Å². The van der Waals surface area contributed by atoms with Gasteiger partial charge in [-0.1, -0.05) is 23.4 Å². The van der Waals surface area contributed by atoms with Gasteiger partial charge in [-0.05, 0) is 30.7 Å². The van der Waals surface area contributed by atoms with E-state index in [1.165, 1.54) is 0 Å². The number of aromatic nitrogens is 3. The summed E-state index contributed by atoms with van der Waals surface area (Å²) in [5, 5.41) is 12.8. The monoisotopic (exact) mass is 262 g/mol. The second kappa shape index (κ2) is 4.94. The van der Waals surface area contributed by atoms with Crippen LogP contribution in [-0.4, -0.2) is 15.1 Å². The van der Waals surface area contributed by atoms with Gasteiger partial charge in [0, 0.05) is 11.8 Å². The molecule has 0 saturated heterocycles. The van der Waals surface area contributed by atoms with Gasteiger partial charge in [0.15, 0.2) is 0 Å². The summed E-state index contributed by atoms with van der Waals surface area (Å²) in [6.07, 6.45) is 1.75. The van der Waals surface area contributed by atoms with Crippen molar-refractivity contribution in [1.29, 1.82) is 5.26 Å². The molecule has 96 valence electrons. The van der Waals surface area contributed by atoms with Crippen LogP contribution in [0.5, 0.6) is 0 Å². The van der Waals surface area contributed by atoms with Crippen molar-refractivity contribution in [2.24, 2.45) is 0 Å². The Morgan fingerprint density at radius 3 is 2.85 bits per heavy atom. The fourth-order valence-corrected chi connectivity index (χ4v) is 1.77. The molecule has 0 N–H and O–H groups in total. The van der Waals surface area contributed by atoms with Crippen LogP contribution in [0.4, 0.5) is 0 Å². The van der Waals surface area contributed by atoms with Gasteiger partial charge in [-0.2, -0.15) is 10.2 Å². The van der Waals surface area contributed by atoms with Crippen molar-refractivity contribution in [1.82, 2.24) is 15.1 Å². The molecule has 2 heterocycles. The van der Waals surface area contributed by atoms with E-state index in [2.05, 4.69) is 21.2 Å². The van der Waals surface area contributed by atoms with Gasteiger partial charge in [0.05, 0.1) is 11.6 Å². The number of nitrogens with zero attached hydrogens (tertiary/aromatic N) is 4. The Morgan fingerprint density at radius 1 is 1.20 bits per heavy atom. The molecular formula is C15H10N4O. The number of pyridine rings is 1. The number of rotatable bonds is 2. The third-order valence-corrected chi connectivity index (χ3v) is 2.81. The van der Waals surface area contributed by atoms with E-state index in [-0.39, 0.29) is 0 Å². The first-order valence-corrected chi connectivity index (χ1v) is 6.03. The van der Waals surface area contributed by atoms with Gasteiger partial charge in [0.25, 0.3) is 5.89 Å². The summed E-state index contributed by atoms with van der Waals surface area (Å²) in [7, 11) is 0. The molecule has 0 amide bonds. The number of nitriles is 1. The van der Waals surface area contributed by atoms with E-state index in [0.717, 1.165) is 11.1 Å². The summed E-state index contributed by atoms with van der Waals surface area (Å²) in [5.41, 5.74) is 2.99. The van der Waals surface area contributed by atoms with Crippen LogP contribution < -0.4 is 0 Å². The van der Waals surface area contributed by atoms with Crippen LogP contribution in [-0.2, 0) is 0 Å². The highest BCUT2D eigenvalue weighted by Gasteiger charge is 2.11. The van der Waals surface area contributed by atoms with Crippen molar-refractivity contribution in [2.75, 3.05) is 0 Å². The minimum Gasteiger partial charge on any atom is -0.332 e. The molecule has 0 spiro atoms. The van der Waals surface area contributed by atoms with E-state index in [9.17, 15) is 0 Å². The summed E-state index contributed by atoms with van der Waals surface area (Å²) in [5.74, 6) is 0.807. The zero-order valence-corrected chi connectivity index (χ0v) is 10.7. The summed E-state index contributed by atoms with van der Waals surface area (Å²) in [6, 6.07) is 12.9. The van der Waals surface area contributed by atoms with Crippen molar-refractivity contribution in [3.63, 3.8) is 0 Å². The molecule has 2 aromatic heterocycles. The maximum atomic E-state index is 8.89. The molecule has 1 aromatic carbocycles. The fourth-order valence-electron chi connectivity index (χ4n) is 1.77. The standard InChI is InChI=1S/C15H10N4O/c1-10-5-6-13(17-9-10)15-18-14(19-20-15)12-4-2-3-11(7-12)8-16/h2-7,9H,1H3. The Morgan fingerprint density at radius 2 is 2.10 bits per heavy atom. The summed E-state index contributed by atoms with van der Waals surface area (Å²) in [4.78, 5) is 8.55. The molecule has 0 bridgehead atoms. The van der Waals surface area contributed by atoms with E-state index >= 15 is 0 Å². The minimum atomic E-state index is 0.363. The highest BCUT2D eigenvalue weighted by molar-refractivity contribution is 5.59. The Bertz CT molecular complexity index is 784. The molecule has 3 rings (SSSR count). The summed E-state index contributed by atoms with van der Waals surface area (Å²) in [6.45, 7) is 1.96. The van der Waals surface area contributed by atoms with E-state index in [1.807, 2.05) is 25.1 Å². The molecule has 0 aliphatic heterocycles. The lowest BCUT2D eigenvalue weighted by Crippen LogP contribution is -1.85. The number of hydrogen-bond donors (Lipinski definition) is 0. The van der Waals surface area contributed by atoms with Crippen molar-refractivity contribution in [2.45, 2.75) is 6.92 Å². The molecule has 0 aliphatic carbocycles. The second-order valence-electron chi connectivity index (χ2n) is 4.34. The van der Waals surface area contributed by atoms with Crippen molar-refractivity contribution < 1.29 is 4.52 Å². The maximum Gasteiger partial charge on any atom is 0.276 e. The van der Waals surface area contributed by atoms with Gasteiger partial charge >= 0.3 is 0 Å². The van der Waals surface area contributed by atoms with Crippen molar-refractivity contribution in [3.05, 3.63) is 53.7 Å². The third kappa shape index (κ3) is 2.27. The van der Waals surface area contributed by atoms with Crippen LogP contribution >= 0.6 is 0 Å². The molecule has 0 unspecified atom stereocenters. The van der Waals surface area contributed by atoms with Crippen molar-refractivity contribution in [3.8, 4) is 29.0 Å². The third-order valence-electron chi connectivity index (χ3n) is 2.81. The minimum absolute atomic E-state index is 0.363. The van der Waals surface area contributed by atoms with Crippen LogP contribution in [0.1, 0.15) is 11.1 Å². The molecule has 0 saturated carbocycles. The summed E-state index contributed by atoms with van der Waals surface area (Å²) < 4.78 is 5.21. The Kier molecular flexibility index (Phi) is 2.98. The molecule has 0 radical (unpaired) electrons. The SMILES string of the molecule is Cc1ccc(-c2nc(-c3cccc(C#N)c3)no2)nc1. The molecular weight excluding hydrogens is 252 g/mol. The first kappa shape index (κ1) is 12.1. The molecule has 5 nitrogen and oxygen atoms in total. The normalized spacial score (nSPS) is 10.2. The van der Waals surface area contributed by atoms with Gasteiger partial charge in [-0.15, -0.1) is 0 Å². The quantitative estimate of drug-likeness (QED) is 0.709. The molecule has 0 fully saturated rings. The first-order valence-electron chi connectivity index (χ1n) is 6.03. The average molecular weight is 262 g/mol. The lowest BCUT2D eigenvalue weighted by molar-refractivity contribution is 0.431. The van der Waals surface area contributed by atoms with E-state index in [1.54, 1.807) is 24.4 Å². The van der Waals surface area contributed by atoms with Crippen LogP contribution in [0.2, 0.25) is 0 Å². The number of benzene rings is 1. The Hall–Kier alpha value is -3.00. The number of aryl methyl sites for hydroxylation is 1. The molecule has 3 aromatic rings. The molecule has 20 heavy (non-hydrogen) atoms. The number of hydrogen-bond acceptors (Lipinski definition) is 5. The highest BCUT2D eigenvalue weighted by atomic mass is 16.5. The van der Waals surface area contributed by atoms with Crippen LogP contribution in [0.15, 0.2) is 47.1 Å². The predicted molar refractivity (Wildman–Crippen MR) is 72.4 cm³/mol. The fraction of sp³-hybridized carbons (Fsp3) is 0.0667. The zero-order valence-electron chi connectivity index (χ0n) is 10.7. The lowest BCUT2D eigenvalue weighted by Gasteiger charge is -1.94. The lowest BCUT2D eigenvalue weighted by atomic mass is 10.1.